The highest BCUT2D eigenvalue weighted by Crippen LogP contribution is 2.18. The molecule has 2 rings (SSSR count). The third-order valence-electron chi connectivity index (χ3n) is 5.16. The Morgan fingerprint density at radius 1 is 0.964 bits per heavy atom. The molecular formula is C24H33N2O2+. The van der Waals surface area contributed by atoms with Gasteiger partial charge in [0, 0.05) is 11.5 Å². The van der Waals surface area contributed by atoms with Crippen molar-refractivity contribution in [1.29, 1.82) is 0 Å². The zero-order valence-electron chi connectivity index (χ0n) is 17.4. The van der Waals surface area contributed by atoms with E-state index >= 15 is 0 Å². The zero-order valence-corrected chi connectivity index (χ0v) is 17.4. The number of carbonyl (C=O) groups is 2. The molecule has 0 saturated heterocycles. The molecule has 2 aromatic carbocycles. The van der Waals surface area contributed by atoms with Gasteiger partial charge in [0.25, 0.3) is 5.91 Å². The van der Waals surface area contributed by atoms with E-state index in [0.29, 0.717) is 18.9 Å². The molecule has 0 radical (unpaired) electrons. The number of carbonyl (C=O) groups excluding carboxylic acids is 2. The second kappa shape index (κ2) is 10.8. The molecule has 0 unspecified atom stereocenters. The number of amides is 1. The van der Waals surface area contributed by atoms with Gasteiger partial charge in [-0.1, -0.05) is 75.4 Å². The van der Waals surface area contributed by atoms with Crippen LogP contribution in [0.3, 0.4) is 0 Å². The van der Waals surface area contributed by atoms with Crippen LogP contribution in [-0.4, -0.2) is 24.3 Å². The van der Waals surface area contributed by atoms with E-state index in [9.17, 15) is 9.59 Å². The van der Waals surface area contributed by atoms with Crippen molar-refractivity contribution in [3.63, 3.8) is 0 Å². The lowest BCUT2D eigenvalue weighted by molar-refractivity contribution is -0.692. The minimum Gasteiger partial charge on any atom is -0.341 e. The Balaban J connectivity index is 1.96. The number of nitrogens with two attached hydrogens (primary N) is 1. The van der Waals surface area contributed by atoms with Crippen LogP contribution in [0.5, 0.6) is 0 Å². The Kier molecular flexibility index (Phi) is 8.40. The number of ketones is 1. The third kappa shape index (κ3) is 6.61. The molecule has 0 aliphatic carbocycles. The highest BCUT2D eigenvalue weighted by Gasteiger charge is 2.23. The van der Waals surface area contributed by atoms with Crippen molar-refractivity contribution < 1.29 is 14.9 Å². The van der Waals surface area contributed by atoms with Crippen LogP contribution in [0.1, 0.15) is 50.4 Å². The average Bonchev–Trinajstić information content (AvgIpc) is 2.68. The van der Waals surface area contributed by atoms with Gasteiger partial charge in [0.2, 0.25) is 0 Å². The van der Waals surface area contributed by atoms with Crippen molar-refractivity contribution in [3.05, 3.63) is 71.3 Å². The largest absolute Gasteiger partial charge is 0.341 e. The highest BCUT2D eigenvalue weighted by atomic mass is 16.2. The fourth-order valence-electron chi connectivity index (χ4n) is 3.40. The van der Waals surface area contributed by atoms with E-state index in [4.69, 9.17) is 0 Å². The molecule has 0 heterocycles. The van der Waals surface area contributed by atoms with Crippen molar-refractivity contribution in [2.75, 3.05) is 6.54 Å². The SMILES string of the molecule is CCc1ccc([C@H]([NH2+]CC(=O)N[C@@H](Cc2ccccc2)C(C)=O)C(C)C)cc1. The van der Waals surface area contributed by atoms with Crippen LogP contribution in [0.25, 0.3) is 0 Å². The van der Waals surface area contributed by atoms with E-state index in [1.165, 1.54) is 18.1 Å². The highest BCUT2D eigenvalue weighted by molar-refractivity contribution is 5.88. The predicted molar refractivity (Wildman–Crippen MR) is 113 cm³/mol. The number of quaternary nitrogens is 1. The Morgan fingerprint density at radius 3 is 2.14 bits per heavy atom. The predicted octanol–water partition coefficient (Wildman–Crippen LogP) is 2.83. The number of rotatable bonds is 10. The van der Waals surface area contributed by atoms with Crippen LogP contribution >= 0.6 is 0 Å². The smallest absolute Gasteiger partial charge is 0.275 e. The Hall–Kier alpha value is -2.46. The lowest BCUT2D eigenvalue weighted by Gasteiger charge is -2.21. The van der Waals surface area contributed by atoms with Crippen LogP contribution in [0.2, 0.25) is 0 Å². The minimum absolute atomic E-state index is 0.0206. The molecule has 1 amide bonds. The van der Waals surface area contributed by atoms with Gasteiger partial charge in [0.05, 0.1) is 6.04 Å². The normalized spacial score (nSPS) is 13.2. The minimum atomic E-state index is -0.482. The summed E-state index contributed by atoms with van der Waals surface area (Å²) >= 11 is 0. The van der Waals surface area contributed by atoms with Crippen LogP contribution < -0.4 is 10.6 Å². The fourth-order valence-corrected chi connectivity index (χ4v) is 3.40. The van der Waals surface area contributed by atoms with Crippen LogP contribution in [0.4, 0.5) is 0 Å². The second-order valence-corrected chi connectivity index (χ2v) is 7.73. The number of hydrogen-bond donors (Lipinski definition) is 2. The molecular weight excluding hydrogens is 348 g/mol. The average molecular weight is 382 g/mol. The lowest BCUT2D eigenvalue weighted by atomic mass is 9.95. The van der Waals surface area contributed by atoms with E-state index in [0.717, 1.165) is 12.0 Å². The maximum Gasteiger partial charge on any atom is 0.275 e. The Bertz CT molecular complexity index is 754. The molecule has 2 atom stereocenters. The molecule has 0 spiro atoms. The summed E-state index contributed by atoms with van der Waals surface area (Å²) in [5, 5.41) is 4.98. The summed E-state index contributed by atoms with van der Waals surface area (Å²) < 4.78 is 0. The van der Waals surface area contributed by atoms with Crippen molar-refractivity contribution in [2.45, 2.75) is 52.6 Å². The number of Topliss-reactive ketones (excluding diaryl/α,β-unsaturated/α-hetero) is 1. The molecule has 2 aromatic rings. The number of benzene rings is 2. The van der Waals surface area contributed by atoms with Crippen molar-refractivity contribution in [3.8, 4) is 0 Å². The monoisotopic (exact) mass is 381 g/mol. The first-order valence-electron chi connectivity index (χ1n) is 10.2. The van der Waals surface area contributed by atoms with E-state index in [2.05, 4.69) is 55.7 Å². The maximum absolute atomic E-state index is 12.5. The van der Waals surface area contributed by atoms with E-state index < -0.39 is 6.04 Å². The number of hydrogen-bond acceptors (Lipinski definition) is 2. The Labute approximate surface area is 168 Å². The molecule has 4 nitrogen and oxygen atoms in total. The van der Waals surface area contributed by atoms with E-state index in [-0.39, 0.29) is 17.7 Å². The summed E-state index contributed by atoms with van der Waals surface area (Å²) in [4.78, 5) is 24.5. The summed E-state index contributed by atoms with van der Waals surface area (Å²) in [5.74, 6) is 0.271. The summed E-state index contributed by atoms with van der Waals surface area (Å²) in [7, 11) is 0. The molecule has 0 aromatic heterocycles. The van der Waals surface area contributed by atoms with Crippen LogP contribution in [0.15, 0.2) is 54.6 Å². The van der Waals surface area contributed by atoms with Gasteiger partial charge in [0.1, 0.15) is 6.04 Å². The summed E-state index contributed by atoms with van der Waals surface area (Å²) in [6.07, 6.45) is 1.54. The van der Waals surface area contributed by atoms with Crippen LogP contribution in [0, 0.1) is 5.92 Å². The van der Waals surface area contributed by atoms with Gasteiger partial charge in [-0.3, -0.25) is 9.59 Å². The van der Waals surface area contributed by atoms with Crippen molar-refractivity contribution >= 4 is 11.7 Å². The molecule has 0 saturated carbocycles. The zero-order chi connectivity index (χ0) is 20.5. The van der Waals surface area contributed by atoms with Gasteiger partial charge in [0.15, 0.2) is 12.3 Å². The molecule has 4 heteroatoms. The lowest BCUT2D eigenvalue weighted by Crippen LogP contribution is -2.88. The van der Waals surface area contributed by atoms with E-state index in [1.807, 2.05) is 30.3 Å². The summed E-state index contributed by atoms with van der Waals surface area (Å²) in [6, 6.07) is 18.1. The van der Waals surface area contributed by atoms with Gasteiger partial charge < -0.3 is 10.6 Å². The fraction of sp³-hybridized carbons (Fsp3) is 0.417. The first-order chi connectivity index (χ1) is 13.4. The maximum atomic E-state index is 12.5. The summed E-state index contributed by atoms with van der Waals surface area (Å²) in [6.45, 7) is 8.31. The molecule has 0 fully saturated rings. The van der Waals surface area contributed by atoms with E-state index in [1.54, 1.807) is 0 Å². The first kappa shape index (κ1) is 21.8. The topological polar surface area (TPSA) is 62.8 Å². The van der Waals surface area contributed by atoms with Gasteiger partial charge in [-0.15, -0.1) is 0 Å². The van der Waals surface area contributed by atoms with Crippen molar-refractivity contribution in [2.24, 2.45) is 5.92 Å². The quantitative estimate of drug-likeness (QED) is 0.665. The number of aryl methyl sites for hydroxylation is 1. The molecule has 28 heavy (non-hydrogen) atoms. The standard InChI is InChI=1S/C24H32N2O2/c1-5-19-11-13-21(14-12-19)24(17(2)3)25-16-23(28)26-22(18(4)27)15-20-9-7-6-8-10-20/h6-14,17,22,24-25H,5,15-16H2,1-4H3,(H,26,28)/p+1/t22-,24+/m0/s1. The van der Waals surface area contributed by atoms with Gasteiger partial charge in [-0.05, 0) is 30.9 Å². The van der Waals surface area contributed by atoms with Gasteiger partial charge in [-0.25, -0.2) is 0 Å². The molecule has 0 aliphatic heterocycles. The number of nitrogens with one attached hydrogen (secondary N) is 1. The van der Waals surface area contributed by atoms with Crippen LogP contribution in [-0.2, 0) is 22.4 Å². The molecule has 150 valence electrons. The molecule has 0 bridgehead atoms. The van der Waals surface area contributed by atoms with Crippen molar-refractivity contribution in [1.82, 2.24) is 5.32 Å². The van der Waals surface area contributed by atoms with Gasteiger partial charge in [-0.2, -0.15) is 0 Å². The van der Waals surface area contributed by atoms with Gasteiger partial charge >= 0.3 is 0 Å². The third-order valence-corrected chi connectivity index (χ3v) is 5.16. The second-order valence-electron chi connectivity index (χ2n) is 7.73. The molecule has 3 N–H and O–H groups in total. The molecule has 0 aliphatic rings. The summed E-state index contributed by atoms with van der Waals surface area (Å²) in [5.41, 5.74) is 3.59. The Morgan fingerprint density at radius 2 is 1.61 bits per heavy atom. The first-order valence-corrected chi connectivity index (χ1v) is 10.2.